The highest BCUT2D eigenvalue weighted by Gasteiger charge is 2.35. The Bertz CT molecular complexity index is 1360. The Balaban J connectivity index is 1.75. The van der Waals surface area contributed by atoms with Crippen molar-refractivity contribution in [3.05, 3.63) is 85.8 Å². The molecule has 5 nitrogen and oxygen atoms in total. The molecule has 0 unspecified atom stereocenters. The molecular weight excluding hydrogens is 571 g/mol. The Morgan fingerprint density at radius 3 is 2.37 bits per heavy atom. The summed E-state index contributed by atoms with van der Waals surface area (Å²) in [5.41, 5.74) is 4.64. The molecule has 1 fully saturated rings. The van der Waals surface area contributed by atoms with E-state index >= 15 is 0 Å². The zero-order valence-electron chi connectivity index (χ0n) is 19.5. The summed E-state index contributed by atoms with van der Waals surface area (Å²) in [5.74, 6) is 3.47. The third kappa shape index (κ3) is 5.72. The molecule has 1 amide bonds. The van der Waals surface area contributed by atoms with E-state index in [2.05, 4.69) is 28.5 Å². The van der Waals surface area contributed by atoms with Gasteiger partial charge in [-0.15, -0.1) is 6.42 Å². The van der Waals surface area contributed by atoms with Gasteiger partial charge in [-0.3, -0.25) is 9.69 Å². The molecule has 0 N–H and O–H groups in total. The summed E-state index contributed by atoms with van der Waals surface area (Å²) in [6, 6.07) is 19.5. The predicted octanol–water partition coefficient (Wildman–Crippen LogP) is 6.74. The van der Waals surface area contributed by atoms with Gasteiger partial charge in [-0.2, -0.15) is 0 Å². The van der Waals surface area contributed by atoms with Crippen LogP contribution < -0.4 is 14.4 Å². The molecule has 1 heterocycles. The fraction of sp³-hybridized carbons (Fsp3) is 0.143. The number of methoxy groups -OCH3 is 1. The number of benzene rings is 3. The smallest absolute Gasteiger partial charge is 0.271 e. The first-order valence-corrected chi connectivity index (χ1v) is 12.7. The number of rotatable bonds is 6. The second-order valence-corrected chi connectivity index (χ2v) is 10.0. The van der Waals surface area contributed by atoms with Crippen molar-refractivity contribution in [3.63, 3.8) is 0 Å². The van der Waals surface area contributed by atoms with Gasteiger partial charge in [-0.1, -0.05) is 41.3 Å². The number of halogens is 1. The molecule has 0 bridgehead atoms. The number of nitrogens with zero attached hydrogens (tertiary/aromatic N) is 2. The van der Waals surface area contributed by atoms with Crippen LogP contribution in [-0.2, 0) is 4.79 Å². The summed E-state index contributed by atoms with van der Waals surface area (Å²) >= 11 is 3.52. The highest BCUT2D eigenvalue weighted by molar-refractivity contribution is 14.1. The van der Waals surface area contributed by atoms with Crippen LogP contribution in [0.25, 0.3) is 6.08 Å². The maximum absolute atomic E-state index is 13.6. The lowest BCUT2D eigenvalue weighted by atomic mass is 10.1. The number of carbonyl (C=O) groups is 1. The highest BCUT2D eigenvalue weighted by atomic mass is 127. The molecule has 0 aromatic heterocycles. The SMILES string of the molecule is C#CCOc1c(I)cc(/C=C2\SC(=Nc3ccc(C)cc3)N(c3ccc(C)cc3)C2=O)cc1OC. The average molecular weight is 594 g/mol. The van der Waals surface area contributed by atoms with Gasteiger partial charge in [-0.05, 0) is 96.2 Å². The molecule has 35 heavy (non-hydrogen) atoms. The summed E-state index contributed by atoms with van der Waals surface area (Å²) in [7, 11) is 1.58. The molecular formula is C28H23IN2O3S. The van der Waals surface area contributed by atoms with Crippen LogP contribution in [0.5, 0.6) is 11.5 Å². The topological polar surface area (TPSA) is 51.1 Å². The second-order valence-electron chi connectivity index (χ2n) is 7.84. The number of amidine groups is 1. The summed E-state index contributed by atoms with van der Waals surface area (Å²) in [5, 5.41) is 0.601. The van der Waals surface area contributed by atoms with E-state index in [9.17, 15) is 4.79 Å². The van der Waals surface area contributed by atoms with E-state index < -0.39 is 0 Å². The van der Waals surface area contributed by atoms with Crippen molar-refractivity contribution in [1.82, 2.24) is 0 Å². The summed E-state index contributed by atoms with van der Waals surface area (Å²) in [6.07, 6.45) is 7.18. The molecule has 3 aromatic carbocycles. The number of aliphatic imine (C=N–C) groups is 1. The van der Waals surface area contributed by atoms with Gasteiger partial charge in [0.2, 0.25) is 0 Å². The standard InChI is InChI=1S/C28H23IN2O3S/c1-5-14-34-26-23(29)15-20(16-24(26)33-4)17-25-27(32)31(22-12-8-19(3)9-13-22)28(35-25)30-21-10-6-18(2)7-11-21/h1,6-13,15-17H,14H2,2-4H3/b25-17-,30-28?. The quantitative estimate of drug-likeness (QED) is 0.180. The van der Waals surface area contributed by atoms with Crippen molar-refractivity contribution in [3.8, 4) is 23.8 Å². The van der Waals surface area contributed by atoms with E-state index in [0.29, 0.717) is 21.6 Å². The number of ether oxygens (including phenoxy) is 2. The molecule has 4 rings (SSSR count). The van der Waals surface area contributed by atoms with E-state index in [1.54, 1.807) is 12.0 Å². The van der Waals surface area contributed by atoms with E-state index in [-0.39, 0.29) is 12.5 Å². The van der Waals surface area contributed by atoms with Gasteiger partial charge in [0.1, 0.15) is 6.61 Å². The first-order chi connectivity index (χ1) is 16.9. The van der Waals surface area contributed by atoms with E-state index in [4.69, 9.17) is 20.9 Å². The summed E-state index contributed by atoms with van der Waals surface area (Å²) < 4.78 is 12.0. The average Bonchev–Trinajstić information content (AvgIpc) is 3.14. The van der Waals surface area contributed by atoms with E-state index in [1.807, 2.05) is 80.6 Å². The van der Waals surface area contributed by atoms with E-state index in [0.717, 1.165) is 31.6 Å². The number of hydrogen-bond donors (Lipinski definition) is 0. The first-order valence-electron chi connectivity index (χ1n) is 10.8. The number of carbonyl (C=O) groups excluding carboxylic acids is 1. The highest BCUT2D eigenvalue weighted by Crippen LogP contribution is 2.39. The summed E-state index contributed by atoms with van der Waals surface area (Å²) in [6.45, 7) is 4.19. The molecule has 0 atom stereocenters. The van der Waals surface area contributed by atoms with Gasteiger partial charge in [0, 0.05) is 0 Å². The molecule has 0 spiro atoms. The normalized spacial score (nSPS) is 15.5. The van der Waals surface area contributed by atoms with Gasteiger partial charge in [-0.25, -0.2) is 4.99 Å². The van der Waals surface area contributed by atoms with Crippen molar-refractivity contribution in [2.45, 2.75) is 13.8 Å². The number of aryl methyl sites for hydroxylation is 2. The Morgan fingerprint density at radius 2 is 1.74 bits per heavy atom. The molecule has 7 heteroatoms. The Morgan fingerprint density at radius 1 is 1.09 bits per heavy atom. The predicted molar refractivity (Wildman–Crippen MR) is 153 cm³/mol. The van der Waals surface area contributed by atoms with Crippen molar-refractivity contribution >= 4 is 62.9 Å². The minimum absolute atomic E-state index is 0.133. The van der Waals surface area contributed by atoms with Crippen LogP contribution >= 0.6 is 34.4 Å². The van der Waals surface area contributed by atoms with Gasteiger partial charge in [0.25, 0.3) is 5.91 Å². The Hall–Kier alpha value is -3.22. The van der Waals surface area contributed by atoms with Crippen LogP contribution in [0.1, 0.15) is 16.7 Å². The fourth-order valence-electron chi connectivity index (χ4n) is 3.43. The van der Waals surface area contributed by atoms with Crippen LogP contribution in [0.2, 0.25) is 0 Å². The number of anilines is 1. The van der Waals surface area contributed by atoms with Crippen molar-refractivity contribution in [2.75, 3.05) is 18.6 Å². The number of terminal acetylenes is 1. The van der Waals surface area contributed by atoms with Crippen LogP contribution in [0, 0.1) is 29.8 Å². The largest absolute Gasteiger partial charge is 0.493 e. The maximum Gasteiger partial charge on any atom is 0.271 e. The van der Waals surface area contributed by atoms with Gasteiger partial charge in [0.05, 0.1) is 27.0 Å². The number of amides is 1. The fourth-order valence-corrected chi connectivity index (χ4v) is 5.21. The van der Waals surface area contributed by atoms with Gasteiger partial charge in [0.15, 0.2) is 16.7 Å². The molecule has 3 aromatic rings. The van der Waals surface area contributed by atoms with Crippen molar-refractivity contribution in [2.24, 2.45) is 4.99 Å². The Kier molecular flexibility index (Phi) is 7.83. The number of thioether (sulfide) groups is 1. The van der Waals surface area contributed by atoms with Crippen molar-refractivity contribution < 1.29 is 14.3 Å². The molecule has 1 aliphatic rings. The van der Waals surface area contributed by atoms with Gasteiger partial charge < -0.3 is 9.47 Å². The number of hydrogen-bond acceptors (Lipinski definition) is 5. The molecule has 1 aliphatic heterocycles. The minimum Gasteiger partial charge on any atom is -0.493 e. The van der Waals surface area contributed by atoms with Crippen LogP contribution in [-0.4, -0.2) is 24.8 Å². The third-order valence-electron chi connectivity index (χ3n) is 5.21. The van der Waals surface area contributed by atoms with Gasteiger partial charge >= 0.3 is 0 Å². The second kappa shape index (κ2) is 11.0. The molecule has 0 radical (unpaired) electrons. The van der Waals surface area contributed by atoms with Crippen LogP contribution in [0.4, 0.5) is 11.4 Å². The summed E-state index contributed by atoms with van der Waals surface area (Å²) in [4.78, 5) is 20.6. The lowest BCUT2D eigenvalue weighted by Gasteiger charge is -2.16. The van der Waals surface area contributed by atoms with E-state index in [1.165, 1.54) is 11.8 Å². The monoisotopic (exact) mass is 594 g/mol. The zero-order valence-corrected chi connectivity index (χ0v) is 22.5. The van der Waals surface area contributed by atoms with Crippen LogP contribution in [0.15, 0.2) is 70.6 Å². The Labute approximate surface area is 223 Å². The molecule has 0 saturated carbocycles. The molecule has 0 aliphatic carbocycles. The van der Waals surface area contributed by atoms with Crippen molar-refractivity contribution in [1.29, 1.82) is 0 Å². The zero-order chi connectivity index (χ0) is 24.9. The molecule has 1 saturated heterocycles. The minimum atomic E-state index is -0.133. The maximum atomic E-state index is 13.6. The lowest BCUT2D eigenvalue weighted by molar-refractivity contribution is -0.113. The van der Waals surface area contributed by atoms with Crippen LogP contribution in [0.3, 0.4) is 0 Å². The first kappa shape index (κ1) is 24.9. The molecule has 176 valence electrons. The lowest BCUT2D eigenvalue weighted by Crippen LogP contribution is -2.28. The third-order valence-corrected chi connectivity index (χ3v) is 6.98.